The molecule has 0 bridgehead atoms. The van der Waals surface area contributed by atoms with Crippen molar-refractivity contribution < 1.29 is 9.53 Å². The van der Waals surface area contributed by atoms with Gasteiger partial charge >= 0.3 is 5.97 Å². The second-order valence-corrected chi connectivity index (χ2v) is 9.21. The molecule has 0 atom stereocenters. The van der Waals surface area contributed by atoms with Gasteiger partial charge in [0.05, 0.1) is 24.4 Å². The van der Waals surface area contributed by atoms with Gasteiger partial charge < -0.3 is 4.74 Å². The van der Waals surface area contributed by atoms with Gasteiger partial charge in [-0.3, -0.25) is 19.1 Å². The normalized spacial score (nSPS) is 14.1. The summed E-state index contributed by atoms with van der Waals surface area (Å²) in [6, 6.07) is 9.86. The van der Waals surface area contributed by atoms with Crippen molar-refractivity contribution in [3.8, 4) is 0 Å². The Labute approximate surface area is 183 Å². The average molecular weight is 444 g/mol. The largest absolute Gasteiger partial charge is 0.465 e. The van der Waals surface area contributed by atoms with Gasteiger partial charge in [-0.1, -0.05) is 49.0 Å². The standard InChI is InChI=1S/C22H25N3O3S2/c1-3-24-11-10-16-17(13-24)30-20-19(16)23-22(29-14-18(26)28-4-2)25(21(20)27)12-15-8-6-5-7-9-15/h5-9H,3-4,10-14H2,1-2H3. The molecule has 8 heteroatoms. The fraction of sp³-hybridized carbons (Fsp3) is 0.409. The molecule has 30 heavy (non-hydrogen) atoms. The number of hydrogen-bond acceptors (Lipinski definition) is 7. The Kier molecular flexibility index (Phi) is 6.55. The summed E-state index contributed by atoms with van der Waals surface area (Å²) in [5.74, 6) is -0.162. The second-order valence-electron chi connectivity index (χ2n) is 7.17. The molecule has 0 unspecified atom stereocenters. The van der Waals surface area contributed by atoms with Gasteiger partial charge in [-0.15, -0.1) is 11.3 Å². The number of carbonyl (C=O) groups excluding carboxylic acids is 1. The van der Waals surface area contributed by atoms with Crippen LogP contribution in [-0.4, -0.2) is 45.9 Å². The van der Waals surface area contributed by atoms with Gasteiger partial charge in [-0.2, -0.15) is 0 Å². The molecule has 6 nitrogen and oxygen atoms in total. The molecule has 0 spiro atoms. The number of thiophene rings is 1. The van der Waals surface area contributed by atoms with Crippen LogP contribution in [0.5, 0.6) is 0 Å². The molecule has 0 fully saturated rings. The third kappa shape index (κ3) is 4.31. The summed E-state index contributed by atoms with van der Waals surface area (Å²) >= 11 is 2.85. The van der Waals surface area contributed by atoms with Gasteiger partial charge in [0.2, 0.25) is 0 Å². The molecule has 1 aliphatic rings. The number of esters is 1. The highest BCUT2D eigenvalue weighted by molar-refractivity contribution is 7.99. The van der Waals surface area contributed by atoms with E-state index in [1.165, 1.54) is 22.2 Å². The fourth-order valence-corrected chi connectivity index (χ4v) is 5.75. The predicted octanol–water partition coefficient (Wildman–Crippen LogP) is 3.54. The van der Waals surface area contributed by atoms with Crippen LogP contribution in [0.25, 0.3) is 10.2 Å². The molecule has 4 rings (SSSR count). The molecule has 0 radical (unpaired) electrons. The Morgan fingerprint density at radius 2 is 2.07 bits per heavy atom. The highest BCUT2D eigenvalue weighted by atomic mass is 32.2. The lowest BCUT2D eigenvalue weighted by atomic mass is 10.1. The van der Waals surface area contributed by atoms with E-state index in [-0.39, 0.29) is 17.3 Å². The minimum absolute atomic E-state index is 0.0299. The predicted molar refractivity (Wildman–Crippen MR) is 121 cm³/mol. The van der Waals surface area contributed by atoms with Crippen LogP contribution in [0.15, 0.2) is 40.3 Å². The third-order valence-corrected chi connectivity index (χ3v) is 7.38. The van der Waals surface area contributed by atoms with Crippen LogP contribution in [0.4, 0.5) is 0 Å². The zero-order valence-corrected chi connectivity index (χ0v) is 18.9. The molecule has 3 aromatic rings. The maximum atomic E-state index is 13.5. The van der Waals surface area contributed by atoms with Crippen molar-refractivity contribution in [3.63, 3.8) is 0 Å². The number of hydrogen-bond donors (Lipinski definition) is 0. The van der Waals surface area contributed by atoms with Crippen LogP contribution in [0.3, 0.4) is 0 Å². The molecule has 3 heterocycles. The first kappa shape index (κ1) is 21.1. The molecule has 1 aliphatic heterocycles. The molecule has 158 valence electrons. The Morgan fingerprint density at radius 3 is 2.80 bits per heavy atom. The molecule has 0 aliphatic carbocycles. The first-order valence-corrected chi connectivity index (χ1v) is 12.0. The first-order valence-electron chi connectivity index (χ1n) is 10.2. The summed E-state index contributed by atoms with van der Waals surface area (Å²) in [6.45, 7) is 7.57. The number of aromatic nitrogens is 2. The molecule has 0 saturated heterocycles. The first-order chi connectivity index (χ1) is 14.6. The van der Waals surface area contributed by atoms with Crippen molar-refractivity contribution in [2.75, 3.05) is 25.4 Å². The Bertz CT molecular complexity index is 1110. The Hall–Kier alpha value is -2.16. The van der Waals surface area contributed by atoms with E-state index in [2.05, 4.69) is 11.8 Å². The lowest BCUT2D eigenvalue weighted by Crippen LogP contribution is -2.29. The van der Waals surface area contributed by atoms with E-state index in [0.717, 1.165) is 41.8 Å². The summed E-state index contributed by atoms with van der Waals surface area (Å²) in [5, 5.41) is 0.572. The average Bonchev–Trinajstić information content (AvgIpc) is 3.13. The van der Waals surface area contributed by atoms with Crippen LogP contribution in [0.2, 0.25) is 0 Å². The number of nitrogens with zero attached hydrogens (tertiary/aromatic N) is 3. The second kappa shape index (κ2) is 9.32. The van der Waals surface area contributed by atoms with Crippen molar-refractivity contribution in [1.82, 2.24) is 14.5 Å². The van der Waals surface area contributed by atoms with Crippen LogP contribution in [0.1, 0.15) is 29.9 Å². The Balaban J connectivity index is 1.78. The van der Waals surface area contributed by atoms with E-state index in [1.807, 2.05) is 30.3 Å². The van der Waals surface area contributed by atoms with Gasteiger partial charge in [0, 0.05) is 18.0 Å². The SMILES string of the molecule is CCOC(=O)CSc1nc2c3c(sc2c(=O)n1Cc1ccccc1)CN(CC)CC3. The molecule has 2 aromatic heterocycles. The van der Waals surface area contributed by atoms with Gasteiger partial charge in [0.15, 0.2) is 5.16 Å². The monoisotopic (exact) mass is 443 g/mol. The summed E-state index contributed by atoms with van der Waals surface area (Å²) in [4.78, 5) is 33.9. The highest BCUT2D eigenvalue weighted by Gasteiger charge is 2.24. The number of ether oxygens (including phenoxy) is 1. The van der Waals surface area contributed by atoms with Crippen molar-refractivity contribution >= 4 is 39.3 Å². The number of likely N-dealkylation sites (N-methyl/N-ethyl adjacent to an activating group) is 1. The summed E-state index contributed by atoms with van der Waals surface area (Å²) in [7, 11) is 0. The highest BCUT2D eigenvalue weighted by Crippen LogP contribution is 2.33. The quantitative estimate of drug-likeness (QED) is 0.316. The van der Waals surface area contributed by atoms with Crippen LogP contribution >= 0.6 is 23.1 Å². The number of benzene rings is 1. The Morgan fingerprint density at radius 1 is 1.27 bits per heavy atom. The lowest BCUT2D eigenvalue weighted by molar-refractivity contribution is -0.139. The lowest BCUT2D eigenvalue weighted by Gasteiger charge is -2.24. The summed E-state index contributed by atoms with van der Waals surface area (Å²) in [5.41, 5.74) is 3.00. The number of carbonyl (C=O) groups is 1. The minimum Gasteiger partial charge on any atom is -0.465 e. The minimum atomic E-state index is -0.297. The molecule has 0 amide bonds. The molecular weight excluding hydrogens is 418 g/mol. The van der Waals surface area contributed by atoms with Crippen molar-refractivity contribution in [2.24, 2.45) is 0 Å². The van der Waals surface area contributed by atoms with Gasteiger partial charge in [0.25, 0.3) is 5.56 Å². The summed E-state index contributed by atoms with van der Waals surface area (Å²) in [6.07, 6.45) is 0.903. The zero-order valence-electron chi connectivity index (χ0n) is 17.2. The number of fused-ring (bicyclic) bond motifs is 3. The van der Waals surface area contributed by atoms with Crippen LogP contribution in [-0.2, 0) is 29.0 Å². The third-order valence-electron chi connectivity index (χ3n) is 5.24. The van der Waals surface area contributed by atoms with Crippen molar-refractivity contribution in [3.05, 3.63) is 56.7 Å². The van der Waals surface area contributed by atoms with Crippen LogP contribution in [0, 0.1) is 0 Å². The van der Waals surface area contributed by atoms with E-state index in [1.54, 1.807) is 22.8 Å². The fourth-order valence-electron chi connectivity index (χ4n) is 3.68. The number of thioether (sulfide) groups is 1. The van der Waals surface area contributed by atoms with Crippen molar-refractivity contribution in [1.29, 1.82) is 0 Å². The summed E-state index contributed by atoms with van der Waals surface area (Å²) < 4.78 is 7.47. The van der Waals surface area contributed by atoms with Crippen LogP contribution < -0.4 is 5.56 Å². The van der Waals surface area contributed by atoms with E-state index >= 15 is 0 Å². The molecule has 0 saturated carbocycles. The molecule has 1 aromatic carbocycles. The number of rotatable bonds is 7. The van der Waals surface area contributed by atoms with Gasteiger partial charge in [0.1, 0.15) is 4.70 Å². The maximum Gasteiger partial charge on any atom is 0.316 e. The van der Waals surface area contributed by atoms with E-state index in [0.29, 0.717) is 18.3 Å². The van der Waals surface area contributed by atoms with Gasteiger partial charge in [-0.25, -0.2) is 4.98 Å². The maximum absolute atomic E-state index is 13.5. The molecule has 0 N–H and O–H groups in total. The van der Waals surface area contributed by atoms with E-state index in [9.17, 15) is 9.59 Å². The zero-order chi connectivity index (χ0) is 21.1. The molecular formula is C22H25N3O3S2. The smallest absolute Gasteiger partial charge is 0.316 e. The van der Waals surface area contributed by atoms with Crippen molar-refractivity contribution in [2.45, 2.75) is 38.5 Å². The van der Waals surface area contributed by atoms with E-state index in [4.69, 9.17) is 9.72 Å². The van der Waals surface area contributed by atoms with E-state index < -0.39 is 0 Å². The topological polar surface area (TPSA) is 64.4 Å². The van der Waals surface area contributed by atoms with Gasteiger partial charge in [-0.05, 0) is 31.0 Å².